The van der Waals surface area contributed by atoms with Gasteiger partial charge in [0.05, 0.1) is 12.2 Å². The highest BCUT2D eigenvalue weighted by molar-refractivity contribution is 5.21. The van der Waals surface area contributed by atoms with E-state index in [2.05, 4.69) is 35.9 Å². The van der Waals surface area contributed by atoms with Crippen molar-refractivity contribution in [1.82, 2.24) is 19.6 Å². The van der Waals surface area contributed by atoms with Gasteiger partial charge in [-0.2, -0.15) is 5.10 Å². The molecule has 1 aliphatic heterocycles. The summed E-state index contributed by atoms with van der Waals surface area (Å²) in [6, 6.07) is 1.03. The largest absolute Gasteiger partial charge is 0.329 e. The van der Waals surface area contributed by atoms with Gasteiger partial charge in [-0.05, 0) is 33.9 Å². The number of rotatable bonds is 4. The average Bonchev–Trinajstić information content (AvgIpc) is 2.73. The molecule has 108 valence electrons. The fourth-order valence-corrected chi connectivity index (χ4v) is 3.03. The maximum Gasteiger partial charge on any atom is 0.0540 e. The van der Waals surface area contributed by atoms with Gasteiger partial charge in [-0.3, -0.25) is 9.58 Å². The maximum absolute atomic E-state index is 6.02. The summed E-state index contributed by atoms with van der Waals surface area (Å²) in [4.78, 5) is 4.86. The van der Waals surface area contributed by atoms with E-state index in [0.717, 1.165) is 13.1 Å². The molecule has 0 saturated carbocycles. The predicted octanol–water partition coefficient (Wildman–Crippen LogP) is 0.754. The highest BCUT2D eigenvalue weighted by Gasteiger charge is 2.27. The zero-order valence-electron chi connectivity index (χ0n) is 12.6. The van der Waals surface area contributed by atoms with Crippen molar-refractivity contribution in [2.24, 2.45) is 12.8 Å². The molecule has 0 aliphatic carbocycles. The Hall–Kier alpha value is -0.910. The Bertz CT molecular complexity index is 404. The van der Waals surface area contributed by atoms with E-state index in [0.29, 0.717) is 18.6 Å². The summed E-state index contributed by atoms with van der Waals surface area (Å²) >= 11 is 0. The molecule has 1 saturated heterocycles. The van der Waals surface area contributed by atoms with Crippen LogP contribution in [-0.4, -0.2) is 59.4 Å². The molecule has 0 spiro atoms. The molecule has 5 nitrogen and oxygen atoms in total. The van der Waals surface area contributed by atoms with Gasteiger partial charge in [0.2, 0.25) is 0 Å². The summed E-state index contributed by atoms with van der Waals surface area (Å²) in [5.41, 5.74) is 8.53. The third kappa shape index (κ3) is 2.99. The topological polar surface area (TPSA) is 50.3 Å². The SMILES string of the molecule is Cc1c(C(CN)N2CCC(N(C)C)CC2)cnn1C. The van der Waals surface area contributed by atoms with E-state index in [1.165, 1.54) is 24.1 Å². The molecule has 0 amide bonds. The van der Waals surface area contributed by atoms with E-state index in [-0.39, 0.29) is 0 Å². The van der Waals surface area contributed by atoms with Crippen LogP contribution in [0.15, 0.2) is 6.20 Å². The van der Waals surface area contributed by atoms with Crippen LogP contribution >= 0.6 is 0 Å². The second-order valence-electron chi connectivity index (χ2n) is 5.79. The zero-order chi connectivity index (χ0) is 14.0. The molecule has 0 bridgehead atoms. The van der Waals surface area contributed by atoms with Gasteiger partial charge in [-0.15, -0.1) is 0 Å². The molecule has 1 atom stereocenters. The quantitative estimate of drug-likeness (QED) is 0.873. The third-order valence-electron chi connectivity index (χ3n) is 4.53. The molecule has 5 heteroatoms. The van der Waals surface area contributed by atoms with Gasteiger partial charge in [0, 0.05) is 44.0 Å². The van der Waals surface area contributed by atoms with Crippen LogP contribution in [0.1, 0.15) is 30.1 Å². The lowest BCUT2D eigenvalue weighted by molar-refractivity contribution is 0.110. The number of piperidine rings is 1. The molecule has 0 radical (unpaired) electrons. The lowest BCUT2D eigenvalue weighted by Crippen LogP contribution is -2.45. The number of nitrogens with zero attached hydrogens (tertiary/aromatic N) is 4. The van der Waals surface area contributed by atoms with Crippen molar-refractivity contribution >= 4 is 0 Å². The minimum atomic E-state index is 0.316. The number of hydrogen-bond acceptors (Lipinski definition) is 4. The molecule has 1 fully saturated rings. The molecule has 1 aromatic heterocycles. The number of aryl methyl sites for hydroxylation is 1. The van der Waals surface area contributed by atoms with Crippen molar-refractivity contribution in [3.8, 4) is 0 Å². The molecule has 1 aromatic rings. The van der Waals surface area contributed by atoms with Crippen LogP contribution in [0.4, 0.5) is 0 Å². The Kier molecular flexibility index (Phi) is 4.60. The Morgan fingerprint density at radius 3 is 2.47 bits per heavy atom. The third-order valence-corrected chi connectivity index (χ3v) is 4.53. The van der Waals surface area contributed by atoms with E-state index < -0.39 is 0 Å². The highest BCUT2D eigenvalue weighted by atomic mass is 15.3. The monoisotopic (exact) mass is 265 g/mol. The van der Waals surface area contributed by atoms with Crippen LogP contribution in [0.25, 0.3) is 0 Å². The number of nitrogens with two attached hydrogens (primary N) is 1. The fourth-order valence-electron chi connectivity index (χ4n) is 3.03. The molecule has 2 rings (SSSR count). The van der Waals surface area contributed by atoms with E-state index in [4.69, 9.17) is 5.73 Å². The van der Waals surface area contributed by atoms with E-state index in [9.17, 15) is 0 Å². The van der Waals surface area contributed by atoms with Crippen molar-refractivity contribution < 1.29 is 0 Å². The van der Waals surface area contributed by atoms with Crippen molar-refractivity contribution in [2.45, 2.75) is 31.8 Å². The van der Waals surface area contributed by atoms with Crippen LogP contribution < -0.4 is 5.73 Å². The second-order valence-corrected chi connectivity index (χ2v) is 5.79. The lowest BCUT2D eigenvalue weighted by Gasteiger charge is -2.39. The standard InChI is InChI=1S/C14H27N5/c1-11-13(10-16-18(11)4)14(9-15)19-7-5-12(6-8-19)17(2)3/h10,12,14H,5-9,15H2,1-4H3. The first-order valence-electron chi connectivity index (χ1n) is 7.13. The van der Waals surface area contributed by atoms with Crippen LogP contribution in [0.5, 0.6) is 0 Å². The van der Waals surface area contributed by atoms with E-state index in [1.807, 2.05) is 17.9 Å². The summed E-state index contributed by atoms with van der Waals surface area (Å²) in [5, 5.41) is 4.35. The van der Waals surface area contributed by atoms with Crippen molar-refractivity contribution in [3.63, 3.8) is 0 Å². The van der Waals surface area contributed by atoms with Crippen molar-refractivity contribution in [2.75, 3.05) is 33.7 Å². The first-order valence-corrected chi connectivity index (χ1v) is 7.13. The minimum absolute atomic E-state index is 0.316. The predicted molar refractivity (Wildman–Crippen MR) is 78.0 cm³/mol. The Morgan fingerprint density at radius 1 is 1.42 bits per heavy atom. The Labute approximate surface area is 116 Å². The summed E-state index contributed by atoms with van der Waals surface area (Å²) in [6.45, 7) is 5.04. The van der Waals surface area contributed by atoms with Crippen molar-refractivity contribution in [1.29, 1.82) is 0 Å². The maximum atomic E-state index is 6.02. The second kappa shape index (κ2) is 6.03. The smallest absolute Gasteiger partial charge is 0.0540 e. The average molecular weight is 265 g/mol. The Morgan fingerprint density at radius 2 is 2.05 bits per heavy atom. The van der Waals surface area contributed by atoms with Gasteiger partial charge in [-0.1, -0.05) is 0 Å². The number of likely N-dealkylation sites (tertiary alicyclic amines) is 1. The van der Waals surface area contributed by atoms with Gasteiger partial charge in [0.1, 0.15) is 0 Å². The molecule has 19 heavy (non-hydrogen) atoms. The molecule has 1 aliphatic rings. The zero-order valence-corrected chi connectivity index (χ0v) is 12.6. The highest BCUT2D eigenvalue weighted by Crippen LogP contribution is 2.26. The summed E-state index contributed by atoms with van der Waals surface area (Å²) in [6.07, 6.45) is 4.43. The molecular formula is C14H27N5. The molecule has 0 aromatic carbocycles. The number of aromatic nitrogens is 2. The van der Waals surface area contributed by atoms with Gasteiger partial charge in [0.25, 0.3) is 0 Å². The van der Waals surface area contributed by atoms with E-state index in [1.54, 1.807) is 0 Å². The van der Waals surface area contributed by atoms with Gasteiger partial charge in [0.15, 0.2) is 0 Å². The summed E-state index contributed by atoms with van der Waals surface area (Å²) in [7, 11) is 6.34. The van der Waals surface area contributed by atoms with Gasteiger partial charge < -0.3 is 10.6 Å². The van der Waals surface area contributed by atoms with Crippen LogP contribution in [-0.2, 0) is 7.05 Å². The van der Waals surface area contributed by atoms with Gasteiger partial charge >= 0.3 is 0 Å². The van der Waals surface area contributed by atoms with Gasteiger partial charge in [-0.25, -0.2) is 0 Å². The molecule has 2 heterocycles. The molecule has 1 unspecified atom stereocenters. The minimum Gasteiger partial charge on any atom is -0.329 e. The molecule has 2 N–H and O–H groups in total. The fraction of sp³-hybridized carbons (Fsp3) is 0.786. The van der Waals surface area contributed by atoms with Crippen LogP contribution in [0.2, 0.25) is 0 Å². The lowest BCUT2D eigenvalue weighted by atomic mass is 9.99. The summed E-state index contributed by atoms with van der Waals surface area (Å²) in [5.74, 6) is 0. The van der Waals surface area contributed by atoms with E-state index >= 15 is 0 Å². The van der Waals surface area contributed by atoms with Crippen LogP contribution in [0, 0.1) is 6.92 Å². The first-order chi connectivity index (χ1) is 9.04. The van der Waals surface area contributed by atoms with Crippen molar-refractivity contribution in [3.05, 3.63) is 17.5 Å². The Balaban J connectivity index is 2.06. The summed E-state index contributed by atoms with van der Waals surface area (Å²) < 4.78 is 1.94. The van der Waals surface area contributed by atoms with Crippen LogP contribution in [0.3, 0.4) is 0 Å². The number of hydrogen-bond donors (Lipinski definition) is 1. The molecular weight excluding hydrogens is 238 g/mol. The normalized spacial score (nSPS) is 20.1. The first kappa shape index (κ1) is 14.5.